The van der Waals surface area contributed by atoms with Gasteiger partial charge in [-0.3, -0.25) is 52.8 Å². The van der Waals surface area contributed by atoms with Gasteiger partial charge in [0.05, 0.1) is 6.04 Å². The first-order valence-electron chi connectivity index (χ1n) is 31.7. The predicted octanol–water partition coefficient (Wildman–Crippen LogP) is 3.41. The Hall–Kier alpha value is -6.25. The minimum atomic E-state index is -1.25. The first-order valence-corrected chi connectivity index (χ1v) is 31.7. The Balaban J connectivity index is 3.56. The lowest BCUT2D eigenvalue weighted by Gasteiger charge is -2.50. The molecule has 1 rings (SSSR count). The van der Waals surface area contributed by atoms with Crippen LogP contribution in [0.1, 0.15) is 157 Å². The first-order chi connectivity index (χ1) is 41.6. The molecule has 0 aromatic carbocycles. The molecule has 516 valence electrons. The van der Waals surface area contributed by atoms with Gasteiger partial charge in [-0.2, -0.15) is 0 Å². The van der Waals surface area contributed by atoms with Gasteiger partial charge in [-0.25, -0.2) is 9.86 Å². The SMILES string of the molecule is C/C=C\C[C@H](C)[C@@H]1ON(C(=O)[C@@H](C(C)C)N(C)C(=O)[C@@H](CC(C)C)N(C)C(=O)[C@@H](CC(C)C)N(C)C(=O)[C@H](C)NC(=O)[C@@H](C)NC(=O)[C@H](CC(C)C)N(C)C(=O)[C@@H](NC(=O)[C@@H](N(C)C(=O)[C@H](C)NC)C(C)(C)C(OC)OC)C(C)C)[C@H]1C(=O)N[C@H](CC)C(=O)O. The number of hydroxylamine groups is 2. The topological polar surface area (TPSA) is 315 Å². The zero-order chi connectivity index (χ0) is 69.9. The number of allylic oxidation sites excluding steroid dienone is 2. The number of carbonyl (C=O) groups excluding carboxylic acids is 10. The van der Waals surface area contributed by atoms with Crippen LogP contribution in [0.5, 0.6) is 0 Å². The van der Waals surface area contributed by atoms with Crippen LogP contribution in [-0.4, -0.2) is 235 Å². The van der Waals surface area contributed by atoms with E-state index in [9.17, 15) is 57.8 Å². The second-order valence-corrected chi connectivity index (χ2v) is 26.9. The zero-order valence-electron chi connectivity index (χ0n) is 59.0. The molecule has 0 aromatic heterocycles. The van der Waals surface area contributed by atoms with Crippen molar-refractivity contribution in [2.45, 2.75) is 236 Å². The maximum absolute atomic E-state index is 15.0. The van der Waals surface area contributed by atoms with Crippen molar-refractivity contribution in [3.63, 3.8) is 0 Å². The molecule has 0 unspecified atom stereocenters. The summed E-state index contributed by atoms with van der Waals surface area (Å²) in [6.07, 6.45) is 3.02. The van der Waals surface area contributed by atoms with Crippen molar-refractivity contribution < 1.29 is 72.2 Å². The number of likely N-dealkylation sites (N-methyl/N-ethyl adjacent to an activating group) is 6. The van der Waals surface area contributed by atoms with E-state index < -0.39 is 161 Å². The lowest BCUT2D eigenvalue weighted by molar-refractivity contribution is -0.321. The number of nitrogens with zero attached hydrogens (tertiary/aromatic N) is 6. The van der Waals surface area contributed by atoms with E-state index >= 15 is 0 Å². The Morgan fingerprint density at radius 3 is 1.47 bits per heavy atom. The Bertz CT molecular complexity index is 2470. The average molecular weight is 1280 g/mol. The first kappa shape index (κ1) is 81.8. The molecule has 26 nitrogen and oxygen atoms in total. The molecule has 0 radical (unpaired) electrons. The van der Waals surface area contributed by atoms with Gasteiger partial charge < -0.3 is 65.7 Å². The standard InChI is InChI=1S/C64H115N11O15/c1-27-29-30-39(13)50-49(54(78)68-43(28-2)62(86)87)75(90-50)61(85)48(38(11)12)73(23)59(83)46(33-36(7)8)72(22)58(82)45(32-35(5)6)71(21)57(81)42(16)67-52(76)40(14)66-53(77)44(31-34(3)4)70(20)60(84)47(37(9)10)69-55(79)51(64(17,18)63(88-25)89-26)74(24)56(80)41(15)65-19/h27,29,34-51,63,65H,28,30-33H2,1-26H3,(H,66,77)(H,67,76)(H,68,78)(H,69,79)(H,86,87)/b29-27-/t39-,40+,41-,42-,43+,44-,45+,46+,47-,48+,49+,50-,51+/m0/s1. The molecular formula is C64H115N11O15. The second-order valence-electron chi connectivity index (χ2n) is 26.9. The van der Waals surface area contributed by atoms with E-state index in [1.54, 1.807) is 62.4 Å². The summed E-state index contributed by atoms with van der Waals surface area (Å²) < 4.78 is 11.2. The number of amides is 10. The smallest absolute Gasteiger partial charge is 0.326 e. The van der Waals surface area contributed by atoms with Crippen molar-refractivity contribution in [2.75, 3.05) is 56.5 Å². The fourth-order valence-electron chi connectivity index (χ4n) is 11.4. The lowest BCUT2D eigenvalue weighted by Crippen LogP contribution is -2.71. The Morgan fingerprint density at radius 2 is 1.03 bits per heavy atom. The van der Waals surface area contributed by atoms with Gasteiger partial charge in [0, 0.05) is 54.9 Å². The molecule has 26 heteroatoms. The van der Waals surface area contributed by atoms with E-state index in [-0.39, 0.29) is 49.4 Å². The molecule has 1 saturated heterocycles. The maximum Gasteiger partial charge on any atom is 0.326 e. The maximum atomic E-state index is 15.0. The molecule has 6 N–H and O–H groups in total. The Morgan fingerprint density at radius 1 is 0.578 bits per heavy atom. The molecule has 0 aromatic rings. The van der Waals surface area contributed by atoms with Crippen molar-refractivity contribution >= 4 is 65.0 Å². The minimum Gasteiger partial charge on any atom is -0.480 e. The molecule has 1 aliphatic rings. The molecule has 0 spiro atoms. The predicted molar refractivity (Wildman–Crippen MR) is 342 cm³/mol. The normalized spacial score (nSPS) is 18.1. The summed E-state index contributed by atoms with van der Waals surface area (Å²) >= 11 is 0. The number of ether oxygens (including phenoxy) is 2. The molecule has 10 amide bonds. The van der Waals surface area contributed by atoms with Crippen molar-refractivity contribution in [1.29, 1.82) is 0 Å². The summed E-state index contributed by atoms with van der Waals surface area (Å²) in [4.78, 5) is 168. The van der Waals surface area contributed by atoms with Crippen LogP contribution in [0.25, 0.3) is 0 Å². The summed E-state index contributed by atoms with van der Waals surface area (Å²) in [7, 11) is 11.7. The largest absolute Gasteiger partial charge is 0.480 e. The van der Waals surface area contributed by atoms with Gasteiger partial charge in [-0.05, 0) is 102 Å². The van der Waals surface area contributed by atoms with Gasteiger partial charge >= 0.3 is 5.97 Å². The molecule has 13 atom stereocenters. The molecule has 0 aliphatic carbocycles. The van der Waals surface area contributed by atoms with Gasteiger partial charge in [0.25, 0.3) is 5.91 Å². The van der Waals surface area contributed by atoms with Crippen LogP contribution in [0.2, 0.25) is 0 Å². The number of methoxy groups -OCH3 is 2. The van der Waals surface area contributed by atoms with E-state index in [0.29, 0.717) is 6.42 Å². The summed E-state index contributed by atoms with van der Waals surface area (Å²) in [6.45, 7) is 31.3. The van der Waals surface area contributed by atoms with Gasteiger partial charge in [0.2, 0.25) is 53.2 Å². The number of aliphatic carboxylic acids is 1. The summed E-state index contributed by atoms with van der Waals surface area (Å²) in [5.41, 5.74) is -1.16. The van der Waals surface area contributed by atoms with Crippen molar-refractivity contribution in [2.24, 2.45) is 40.9 Å². The number of hydrogen-bond donors (Lipinski definition) is 6. The molecule has 1 heterocycles. The summed E-state index contributed by atoms with van der Waals surface area (Å²) in [5.74, 6) is -9.42. The van der Waals surface area contributed by atoms with Crippen LogP contribution in [0.15, 0.2) is 12.2 Å². The second kappa shape index (κ2) is 36.7. The van der Waals surface area contributed by atoms with E-state index in [1.807, 2.05) is 67.5 Å². The van der Waals surface area contributed by atoms with Gasteiger partial charge in [0.15, 0.2) is 12.3 Å². The minimum absolute atomic E-state index is 0.0861. The van der Waals surface area contributed by atoms with Crippen LogP contribution in [0, 0.1) is 40.9 Å². The number of carboxylic acid groups (broad SMARTS) is 1. The van der Waals surface area contributed by atoms with Crippen molar-refractivity contribution in [1.82, 2.24) is 56.1 Å². The molecule has 1 fully saturated rings. The third-order valence-corrected chi connectivity index (χ3v) is 16.9. The fraction of sp³-hybridized carbons (Fsp3) is 0.797. The number of carboxylic acids is 1. The highest BCUT2D eigenvalue weighted by Crippen LogP contribution is 2.35. The fourth-order valence-corrected chi connectivity index (χ4v) is 11.4. The molecule has 1 aliphatic heterocycles. The average Bonchev–Trinajstić information content (AvgIpc) is 0.768. The number of nitrogens with one attached hydrogen (secondary N) is 5. The number of hydrogen-bond acceptors (Lipinski definition) is 15. The third-order valence-electron chi connectivity index (χ3n) is 16.9. The van der Waals surface area contributed by atoms with E-state index in [0.717, 1.165) is 5.06 Å². The van der Waals surface area contributed by atoms with E-state index in [2.05, 4.69) is 26.6 Å². The molecule has 0 saturated carbocycles. The van der Waals surface area contributed by atoms with Crippen molar-refractivity contribution in [3.8, 4) is 0 Å². The number of carbonyl (C=O) groups is 11. The zero-order valence-corrected chi connectivity index (χ0v) is 59.0. The van der Waals surface area contributed by atoms with Crippen LogP contribution in [0.4, 0.5) is 0 Å². The Labute approximate surface area is 536 Å². The quantitative estimate of drug-likeness (QED) is 0.0384. The van der Waals surface area contributed by atoms with Crippen LogP contribution >= 0.6 is 0 Å². The number of rotatable bonds is 37. The highest BCUT2D eigenvalue weighted by molar-refractivity contribution is 5.99. The van der Waals surface area contributed by atoms with E-state index in [1.165, 1.54) is 87.8 Å². The van der Waals surface area contributed by atoms with E-state index in [4.69, 9.17) is 14.3 Å². The van der Waals surface area contributed by atoms with Gasteiger partial charge in [-0.1, -0.05) is 109 Å². The van der Waals surface area contributed by atoms with Crippen LogP contribution < -0.4 is 26.6 Å². The highest BCUT2D eigenvalue weighted by atomic mass is 16.7. The highest BCUT2D eigenvalue weighted by Gasteiger charge is 2.55. The molecular weight excluding hydrogens is 1160 g/mol. The van der Waals surface area contributed by atoms with Crippen LogP contribution in [0.3, 0.4) is 0 Å². The third kappa shape index (κ3) is 21.4. The van der Waals surface area contributed by atoms with Crippen molar-refractivity contribution in [3.05, 3.63) is 12.2 Å². The summed E-state index contributed by atoms with van der Waals surface area (Å²) in [5, 5.41) is 24.4. The molecule has 90 heavy (non-hydrogen) atoms. The lowest BCUT2D eigenvalue weighted by atomic mass is 9.81. The van der Waals surface area contributed by atoms with Crippen LogP contribution in [-0.2, 0) is 67.1 Å². The summed E-state index contributed by atoms with van der Waals surface area (Å²) in [6, 6.07) is -12.7. The molecule has 0 bridgehead atoms. The Kier molecular flexibility index (Phi) is 33.3. The van der Waals surface area contributed by atoms with Gasteiger partial charge in [0.1, 0.15) is 60.5 Å². The van der Waals surface area contributed by atoms with Gasteiger partial charge in [-0.15, -0.1) is 0 Å². The monoisotopic (exact) mass is 1280 g/mol.